The Kier molecular flexibility index (Phi) is 11.8. The van der Waals surface area contributed by atoms with Crippen molar-refractivity contribution in [3.63, 3.8) is 0 Å². The Bertz CT molecular complexity index is 2510. The fourth-order valence-electron chi connectivity index (χ4n) is 8.80. The fraction of sp³-hybridized carbons (Fsp3) is 0.333. The van der Waals surface area contributed by atoms with Crippen molar-refractivity contribution in [2.75, 3.05) is 0 Å². The lowest BCUT2D eigenvalue weighted by atomic mass is 9.65. The first-order valence-corrected chi connectivity index (χ1v) is 22.1. The van der Waals surface area contributed by atoms with Crippen LogP contribution in [0.1, 0.15) is 116 Å². The van der Waals surface area contributed by atoms with Crippen molar-refractivity contribution in [3.05, 3.63) is 150 Å². The van der Waals surface area contributed by atoms with Gasteiger partial charge in [-0.25, -0.2) is 15.0 Å². The molecule has 2 heterocycles. The Labute approximate surface area is 356 Å². The highest BCUT2D eigenvalue weighted by Gasteiger charge is 2.36. The second-order valence-electron chi connectivity index (χ2n) is 17.1. The first-order valence-electron chi connectivity index (χ1n) is 22.1. The summed E-state index contributed by atoms with van der Waals surface area (Å²) >= 11 is 0. The molecule has 1 fully saturated rings. The number of nitrogens with zero attached hydrogens (tertiary/aromatic N) is 4. The monoisotopic (exact) mass is 794 g/mol. The minimum atomic E-state index is -0.144. The summed E-state index contributed by atoms with van der Waals surface area (Å²) in [6.07, 6.45) is 11.9. The van der Waals surface area contributed by atoms with Gasteiger partial charge in [-0.2, -0.15) is 0 Å². The van der Waals surface area contributed by atoms with Gasteiger partial charge in [-0.1, -0.05) is 121 Å². The predicted octanol–water partition coefficient (Wildman–Crippen LogP) is 14.5. The Morgan fingerprint density at radius 1 is 0.533 bits per heavy atom. The van der Waals surface area contributed by atoms with Crippen molar-refractivity contribution < 1.29 is 9.47 Å². The number of rotatable bonds is 14. The molecule has 6 nitrogen and oxygen atoms in total. The molecule has 306 valence electrons. The average Bonchev–Trinajstić information content (AvgIpc) is 3.32. The van der Waals surface area contributed by atoms with Crippen molar-refractivity contribution >= 4 is 10.9 Å². The summed E-state index contributed by atoms with van der Waals surface area (Å²) < 4.78 is 12.9. The van der Waals surface area contributed by atoms with E-state index in [1.165, 1.54) is 36.0 Å². The third-order valence-corrected chi connectivity index (χ3v) is 13.7. The van der Waals surface area contributed by atoms with Crippen LogP contribution in [0.4, 0.5) is 0 Å². The highest BCUT2D eigenvalue weighted by molar-refractivity contribution is 5.92. The molecule has 0 N–H and O–H groups in total. The summed E-state index contributed by atoms with van der Waals surface area (Å²) in [6.45, 7) is 13.4. The number of benzene rings is 5. The maximum absolute atomic E-state index is 6.45. The van der Waals surface area contributed by atoms with Gasteiger partial charge in [0, 0.05) is 33.7 Å². The lowest BCUT2D eigenvalue weighted by Gasteiger charge is -2.39. The van der Waals surface area contributed by atoms with E-state index in [1.54, 1.807) is 0 Å². The zero-order valence-electron chi connectivity index (χ0n) is 36.2. The van der Waals surface area contributed by atoms with E-state index in [2.05, 4.69) is 125 Å². The normalized spacial score (nSPS) is 14.2. The van der Waals surface area contributed by atoms with Gasteiger partial charge in [0.15, 0.2) is 17.5 Å². The molecule has 5 aromatic carbocycles. The van der Waals surface area contributed by atoms with E-state index in [1.807, 2.05) is 54.7 Å². The number of fused-ring (bicyclic) bond motifs is 1. The molecule has 0 spiro atoms. The SMILES string of the molecule is CCC(C)(CC)Oc1ccc(C2(c3ccc(Oc4ccc(-c5nc(-c6ccc(C(C)(CC)CC)cc6)nc(-c6ccnc7ccccc67)n5)cc4)cc3)CCCCC2)cc1. The first kappa shape index (κ1) is 40.9. The van der Waals surface area contributed by atoms with Crippen molar-refractivity contribution in [3.8, 4) is 51.4 Å². The highest BCUT2D eigenvalue weighted by Crippen LogP contribution is 2.46. The topological polar surface area (TPSA) is 70.0 Å². The van der Waals surface area contributed by atoms with Gasteiger partial charge >= 0.3 is 0 Å². The number of hydrogen-bond donors (Lipinski definition) is 0. The van der Waals surface area contributed by atoms with E-state index in [0.717, 1.165) is 83.4 Å². The molecule has 0 radical (unpaired) electrons. The van der Waals surface area contributed by atoms with E-state index < -0.39 is 0 Å². The van der Waals surface area contributed by atoms with Gasteiger partial charge in [-0.05, 0) is 128 Å². The van der Waals surface area contributed by atoms with Crippen LogP contribution in [0.15, 0.2) is 134 Å². The summed E-state index contributed by atoms with van der Waals surface area (Å²) in [5.74, 6) is 4.35. The summed E-state index contributed by atoms with van der Waals surface area (Å²) in [5.41, 5.74) is 7.65. The van der Waals surface area contributed by atoms with Crippen LogP contribution >= 0.6 is 0 Å². The van der Waals surface area contributed by atoms with Gasteiger partial charge in [-0.15, -0.1) is 0 Å². The van der Waals surface area contributed by atoms with Crippen LogP contribution < -0.4 is 9.47 Å². The largest absolute Gasteiger partial charge is 0.488 e. The van der Waals surface area contributed by atoms with Crippen LogP contribution in [-0.4, -0.2) is 25.5 Å². The average molecular weight is 795 g/mol. The summed E-state index contributed by atoms with van der Waals surface area (Å²) in [7, 11) is 0. The van der Waals surface area contributed by atoms with Crippen molar-refractivity contribution in [2.24, 2.45) is 0 Å². The molecule has 1 saturated carbocycles. The summed E-state index contributed by atoms with van der Waals surface area (Å²) in [6, 6.07) is 44.6. The molecular weight excluding hydrogens is 737 g/mol. The molecule has 0 amide bonds. The Morgan fingerprint density at radius 2 is 1.05 bits per heavy atom. The molecule has 8 rings (SSSR count). The Hall–Kier alpha value is -5.88. The highest BCUT2D eigenvalue weighted by atomic mass is 16.5. The van der Waals surface area contributed by atoms with E-state index in [4.69, 9.17) is 24.4 Å². The number of pyridine rings is 1. The third-order valence-electron chi connectivity index (χ3n) is 13.7. The Morgan fingerprint density at radius 3 is 1.62 bits per heavy atom. The standard InChI is InChI=1S/C54H58N4O2/c1-7-52(5,8-2)40-22-18-38(19-23-40)49-56-50(58-51(57-49)47-34-37-55-48-17-13-12-16-46(47)48)39-20-28-43(29-21-39)59-44-30-24-41(25-31-44)54(35-14-11-15-36-54)42-26-32-45(33-27-42)60-53(6,9-3)10-4/h12-13,16-34,37H,7-11,14-15,35-36H2,1-6H3. The lowest BCUT2D eigenvalue weighted by Crippen LogP contribution is -2.31. The zero-order valence-corrected chi connectivity index (χ0v) is 36.2. The van der Waals surface area contributed by atoms with E-state index >= 15 is 0 Å². The Balaban J connectivity index is 1.06. The van der Waals surface area contributed by atoms with E-state index in [9.17, 15) is 0 Å². The third kappa shape index (κ3) is 8.30. The number of para-hydroxylation sites is 1. The molecule has 0 unspecified atom stereocenters. The van der Waals surface area contributed by atoms with E-state index in [0.29, 0.717) is 17.5 Å². The molecule has 0 bridgehead atoms. The van der Waals surface area contributed by atoms with Crippen LogP contribution in [0.25, 0.3) is 45.1 Å². The van der Waals surface area contributed by atoms with Gasteiger partial charge in [0.25, 0.3) is 0 Å². The second-order valence-corrected chi connectivity index (χ2v) is 17.1. The van der Waals surface area contributed by atoms with Crippen LogP contribution in [0.2, 0.25) is 0 Å². The molecule has 1 aliphatic carbocycles. The van der Waals surface area contributed by atoms with Crippen LogP contribution in [0.5, 0.6) is 17.2 Å². The molecule has 6 heteroatoms. The van der Waals surface area contributed by atoms with Crippen molar-refractivity contribution in [2.45, 2.75) is 116 Å². The van der Waals surface area contributed by atoms with Crippen LogP contribution in [0.3, 0.4) is 0 Å². The number of hydrogen-bond acceptors (Lipinski definition) is 6. The van der Waals surface area contributed by atoms with Crippen molar-refractivity contribution in [1.82, 2.24) is 19.9 Å². The first-order chi connectivity index (χ1) is 29.2. The smallest absolute Gasteiger partial charge is 0.164 e. The maximum Gasteiger partial charge on any atom is 0.164 e. The van der Waals surface area contributed by atoms with Gasteiger partial charge < -0.3 is 9.47 Å². The molecule has 0 aliphatic heterocycles. The number of ether oxygens (including phenoxy) is 2. The summed E-state index contributed by atoms with van der Waals surface area (Å²) in [4.78, 5) is 19.8. The molecule has 2 aromatic heterocycles. The lowest BCUT2D eigenvalue weighted by molar-refractivity contribution is 0.0802. The fourth-order valence-corrected chi connectivity index (χ4v) is 8.80. The molecule has 0 saturated heterocycles. The van der Waals surface area contributed by atoms with Gasteiger partial charge in [-0.3, -0.25) is 4.98 Å². The molecule has 0 atom stereocenters. The predicted molar refractivity (Wildman–Crippen MR) is 246 cm³/mol. The zero-order chi connectivity index (χ0) is 41.7. The second kappa shape index (κ2) is 17.4. The number of aromatic nitrogens is 4. The minimum Gasteiger partial charge on any atom is -0.488 e. The van der Waals surface area contributed by atoms with Gasteiger partial charge in [0.2, 0.25) is 0 Å². The molecule has 7 aromatic rings. The van der Waals surface area contributed by atoms with Gasteiger partial charge in [0.1, 0.15) is 22.8 Å². The summed E-state index contributed by atoms with van der Waals surface area (Å²) in [5, 5.41) is 0.999. The van der Waals surface area contributed by atoms with Gasteiger partial charge in [0.05, 0.1) is 5.52 Å². The molecule has 60 heavy (non-hydrogen) atoms. The van der Waals surface area contributed by atoms with E-state index in [-0.39, 0.29) is 16.4 Å². The minimum absolute atomic E-state index is 0.0196. The van der Waals surface area contributed by atoms with Crippen LogP contribution in [-0.2, 0) is 10.8 Å². The van der Waals surface area contributed by atoms with Crippen LogP contribution in [0, 0.1) is 0 Å². The maximum atomic E-state index is 6.45. The molecular formula is C54H58N4O2. The molecule has 1 aliphatic rings. The quantitative estimate of drug-likeness (QED) is 0.109. The van der Waals surface area contributed by atoms with Crippen molar-refractivity contribution in [1.29, 1.82) is 0 Å².